The zero-order valence-electron chi connectivity index (χ0n) is 8.91. The minimum atomic E-state index is -3.44. The van der Waals surface area contributed by atoms with Gasteiger partial charge in [-0.1, -0.05) is 11.6 Å². The number of rotatable bonds is 2. The Labute approximate surface area is 95.5 Å². The van der Waals surface area contributed by atoms with Crippen molar-refractivity contribution in [3.05, 3.63) is 29.3 Å². The van der Waals surface area contributed by atoms with Crippen LogP contribution in [0.1, 0.15) is 20.8 Å². The van der Waals surface area contributed by atoms with Crippen LogP contribution in [0.25, 0.3) is 0 Å². The SMILES string of the molecule is CC(C)(C)NS(=O)(=O)c1ccc(Cl)cc1. The van der Waals surface area contributed by atoms with Crippen molar-refractivity contribution in [1.82, 2.24) is 4.72 Å². The average Bonchev–Trinajstić information content (AvgIpc) is 2.00. The molecule has 1 rings (SSSR count). The topological polar surface area (TPSA) is 46.2 Å². The molecule has 15 heavy (non-hydrogen) atoms. The summed E-state index contributed by atoms with van der Waals surface area (Å²) in [4.78, 5) is 0.224. The van der Waals surface area contributed by atoms with E-state index in [1.54, 1.807) is 32.9 Å². The average molecular weight is 248 g/mol. The molecule has 0 amide bonds. The summed E-state index contributed by atoms with van der Waals surface area (Å²) in [6, 6.07) is 6.07. The molecule has 0 bridgehead atoms. The maximum absolute atomic E-state index is 11.8. The molecule has 0 aliphatic rings. The second-order valence-corrected chi connectivity index (χ2v) is 6.43. The van der Waals surface area contributed by atoms with Gasteiger partial charge >= 0.3 is 0 Å². The molecule has 0 radical (unpaired) electrons. The van der Waals surface area contributed by atoms with E-state index < -0.39 is 15.6 Å². The first-order chi connectivity index (χ1) is 6.71. The summed E-state index contributed by atoms with van der Waals surface area (Å²) < 4.78 is 26.2. The van der Waals surface area contributed by atoms with Gasteiger partial charge in [0, 0.05) is 10.6 Å². The van der Waals surface area contributed by atoms with Crippen molar-refractivity contribution in [1.29, 1.82) is 0 Å². The number of hydrogen-bond donors (Lipinski definition) is 1. The van der Waals surface area contributed by atoms with Gasteiger partial charge in [0.25, 0.3) is 0 Å². The smallest absolute Gasteiger partial charge is 0.207 e. The fourth-order valence-corrected chi connectivity index (χ4v) is 2.62. The predicted molar refractivity (Wildman–Crippen MR) is 61.5 cm³/mol. The Hall–Kier alpha value is -0.580. The fraction of sp³-hybridized carbons (Fsp3) is 0.400. The predicted octanol–water partition coefficient (Wildman–Crippen LogP) is 2.42. The van der Waals surface area contributed by atoms with Gasteiger partial charge in [-0.25, -0.2) is 13.1 Å². The van der Waals surface area contributed by atoms with Crippen LogP contribution in [0.2, 0.25) is 5.02 Å². The molecule has 0 saturated carbocycles. The van der Waals surface area contributed by atoms with Gasteiger partial charge in [-0.05, 0) is 45.0 Å². The zero-order valence-corrected chi connectivity index (χ0v) is 10.5. The monoisotopic (exact) mass is 247 g/mol. The van der Waals surface area contributed by atoms with E-state index in [1.807, 2.05) is 0 Å². The van der Waals surface area contributed by atoms with Gasteiger partial charge in [-0.15, -0.1) is 0 Å². The van der Waals surface area contributed by atoms with Crippen LogP contribution in [0, 0.1) is 0 Å². The highest BCUT2D eigenvalue weighted by atomic mass is 35.5. The van der Waals surface area contributed by atoms with Gasteiger partial charge in [0.05, 0.1) is 4.90 Å². The van der Waals surface area contributed by atoms with Gasteiger partial charge in [0.15, 0.2) is 0 Å². The highest BCUT2D eigenvalue weighted by Crippen LogP contribution is 2.15. The van der Waals surface area contributed by atoms with Crippen LogP contribution in [-0.2, 0) is 10.0 Å². The maximum atomic E-state index is 11.8. The minimum Gasteiger partial charge on any atom is -0.207 e. The minimum absolute atomic E-state index is 0.224. The Balaban J connectivity index is 3.02. The van der Waals surface area contributed by atoms with Crippen molar-refractivity contribution in [3.8, 4) is 0 Å². The van der Waals surface area contributed by atoms with Crippen molar-refractivity contribution >= 4 is 21.6 Å². The number of sulfonamides is 1. The number of halogens is 1. The van der Waals surface area contributed by atoms with Crippen molar-refractivity contribution in [2.45, 2.75) is 31.2 Å². The molecule has 0 spiro atoms. The lowest BCUT2D eigenvalue weighted by molar-refractivity contribution is 0.491. The zero-order chi connectivity index (χ0) is 11.7. The molecule has 3 nitrogen and oxygen atoms in total. The van der Waals surface area contributed by atoms with Crippen molar-refractivity contribution in [2.24, 2.45) is 0 Å². The molecule has 0 aromatic heterocycles. The third-order valence-electron chi connectivity index (χ3n) is 1.56. The summed E-state index contributed by atoms with van der Waals surface area (Å²) in [6.07, 6.45) is 0. The van der Waals surface area contributed by atoms with E-state index in [0.717, 1.165) is 0 Å². The van der Waals surface area contributed by atoms with Gasteiger partial charge in [0.1, 0.15) is 0 Å². The lowest BCUT2D eigenvalue weighted by atomic mass is 10.1. The molecular formula is C10H14ClNO2S. The Bertz CT molecular complexity index is 431. The number of nitrogens with one attached hydrogen (secondary N) is 1. The Morgan fingerprint density at radius 3 is 2.00 bits per heavy atom. The molecule has 84 valence electrons. The standard InChI is InChI=1S/C10H14ClNO2S/c1-10(2,3)12-15(13,14)9-6-4-8(11)5-7-9/h4-7,12H,1-3H3. The van der Waals surface area contributed by atoms with E-state index >= 15 is 0 Å². The van der Waals surface area contributed by atoms with Crippen molar-refractivity contribution < 1.29 is 8.42 Å². The maximum Gasteiger partial charge on any atom is 0.241 e. The Morgan fingerprint density at radius 1 is 1.13 bits per heavy atom. The normalized spacial score (nSPS) is 12.8. The summed E-state index contributed by atoms with van der Waals surface area (Å²) in [7, 11) is -3.44. The summed E-state index contributed by atoms with van der Waals surface area (Å²) in [5.74, 6) is 0. The molecule has 0 atom stereocenters. The molecule has 1 aromatic rings. The molecule has 5 heteroatoms. The first kappa shape index (κ1) is 12.5. The van der Waals surface area contributed by atoms with Gasteiger partial charge < -0.3 is 0 Å². The lowest BCUT2D eigenvalue weighted by Gasteiger charge is -2.20. The highest BCUT2D eigenvalue weighted by molar-refractivity contribution is 7.89. The quantitative estimate of drug-likeness (QED) is 0.873. The molecule has 0 fully saturated rings. The van der Waals surface area contributed by atoms with E-state index in [0.29, 0.717) is 5.02 Å². The van der Waals surface area contributed by atoms with E-state index in [1.165, 1.54) is 12.1 Å². The van der Waals surface area contributed by atoms with E-state index in [4.69, 9.17) is 11.6 Å². The summed E-state index contributed by atoms with van der Waals surface area (Å²) in [5.41, 5.74) is -0.488. The molecule has 0 heterocycles. The number of benzene rings is 1. The summed E-state index contributed by atoms with van der Waals surface area (Å²) in [5, 5.41) is 0.518. The molecule has 0 aliphatic carbocycles. The molecule has 0 unspecified atom stereocenters. The van der Waals surface area contributed by atoms with Crippen LogP contribution < -0.4 is 4.72 Å². The summed E-state index contributed by atoms with van der Waals surface area (Å²) >= 11 is 5.68. The van der Waals surface area contributed by atoms with Gasteiger partial charge in [-0.3, -0.25) is 0 Å². The molecule has 0 aliphatic heterocycles. The fourth-order valence-electron chi connectivity index (χ4n) is 1.08. The van der Waals surface area contributed by atoms with Gasteiger partial charge in [-0.2, -0.15) is 0 Å². The summed E-state index contributed by atoms with van der Waals surface area (Å²) in [6.45, 7) is 5.38. The molecular weight excluding hydrogens is 234 g/mol. The van der Waals surface area contributed by atoms with E-state index in [9.17, 15) is 8.42 Å². The Kier molecular flexibility index (Phi) is 3.43. The van der Waals surface area contributed by atoms with Crippen LogP contribution in [-0.4, -0.2) is 14.0 Å². The van der Waals surface area contributed by atoms with Crippen molar-refractivity contribution in [3.63, 3.8) is 0 Å². The van der Waals surface area contributed by atoms with Crippen molar-refractivity contribution in [2.75, 3.05) is 0 Å². The molecule has 1 aromatic carbocycles. The van der Waals surface area contributed by atoms with Crippen LogP contribution in [0.4, 0.5) is 0 Å². The third-order valence-corrected chi connectivity index (χ3v) is 3.59. The van der Waals surface area contributed by atoms with Crippen LogP contribution in [0.15, 0.2) is 29.2 Å². The Morgan fingerprint density at radius 2 is 1.60 bits per heavy atom. The molecule has 1 N–H and O–H groups in total. The van der Waals surface area contributed by atoms with E-state index in [-0.39, 0.29) is 4.90 Å². The van der Waals surface area contributed by atoms with Gasteiger partial charge in [0.2, 0.25) is 10.0 Å². The second kappa shape index (κ2) is 4.12. The molecule has 0 saturated heterocycles. The third kappa shape index (κ3) is 3.81. The lowest BCUT2D eigenvalue weighted by Crippen LogP contribution is -2.40. The second-order valence-electron chi connectivity index (χ2n) is 4.31. The first-order valence-electron chi connectivity index (χ1n) is 4.50. The number of hydrogen-bond acceptors (Lipinski definition) is 2. The van der Waals surface area contributed by atoms with Crippen LogP contribution in [0.5, 0.6) is 0 Å². The van der Waals surface area contributed by atoms with E-state index in [2.05, 4.69) is 4.72 Å². The first-order valence-corrected chi connectivity index (χ1v) is 6.36. The van der Waals surface area contributed by atoms with Crippen LogP contribution >= 0.6 is 11.6 Å². The largest absolute Gasteiger partial charge is 0.241 e. The highest BCUT2D eigenvalue weighted by Gasteiger charge is 2.21. The van der Waals surface area contributed by atoms with Crippen LogP contribution in [0.3, 0.4) is 0 Å².